The average Bonchev–Trinajstić information content (AvgIpc) is 3.69. The Morgan fingerprint density at radius 1 is 1.12 bits per heavy atom. The van der Waals surface area contributed by atoms with Gasteiger partial charge in [-0.05, 0) is 39.5 Å². The molecule has 2 aliphatic rings. The van der Waals surface area contributed by atoms with Gasteiger partial charge >= 0.3 is 6.03 Å². The Kier molecular flexibility index (Phi) is 8.04. The minimum absolute atomic E-state index is 0.0333. The highest BCUT2D eigenvalue weighted by Crippen LogP contribution is 2.44. The number of amides is 2. The van der Waals surface area contributed by atoms with Gasteiger partial charge in [0.05, 0.1) is 20.3 Å². The van der Waals surface area contributed by atoms with E-state index in [9.17, 15) is 13.6 Å². The molecule has 2 heterocycles. The lowest BCUT2D eigenvalue weighted by Crippen LogP contribution is -2.39. The van der Waals surface area contributed by atoms with Gasteiger partial charge in [0.25, 0.3) is 0 Å². The topological polar surface area (TPSA) is 129 Å². The van der Waals surface area contributed by atoms with Crippen LogP contribution in [-0.4, -0.2) is 45.5 Å². The number of nitrogens with zero attached hydrogens (tertiary/aromatic N) is 4. The highest BCUT2D eigenvalue weighted by molar-refractivity contribution is 5.91. The van der Waals surface area contributed by atoms with Gasteiger partial charge in [0.1, 0.15) is 23.1 Å². The second kappa shape index (κ2) is 11.6. The molecule has 0 radical (unpaired) electrons. The molecule has 2 fully saturated rings. The second-order valence-corrected chi connectivity index (χ2v) is 10.3. The molecular weight excluding hydrogens is 520 g/mol. The number of hydrogen-bond acceptors (Lipinski definition) is 7. The molecule has 2 aromatic heterocycles. The molecular formula is C28H35F2N7O3. The van der Waals surface area contributed by atoms with Gasteiger partial charge < -0.3 is 20.5 Å². The number of halogens is 2. The zero-order valence-electron chi connectivity index (χ0n) is 23.0. The first-order chi connectivity index (χ1) is 19.3. The number of nitrogens with two attached hydrogens (primary N) is 1. The van der Waals surface area contributed by atoms with E-state index >= 15 is 0 Å². The van der Waals surface area contributed by atoms with E-state index in [4.69, 9.17) is 20.3 Å². The summed E-state index contributed by atoms with van der Waals surface area (Å²) in [6.45, 7) is 3.81. The SMILES string of the molecule is CCOc1cc(F)c(Cn2nc(-c3nc(N)c(OC)c(NC(=O)NC4CCCCC4)n3)c(C)c2C2CC2)c(F)c1. The van der Waals surface area contributed by atoms with Gasteiger partial charge in [-0.15, -0.1) is 0 Å². The van der Waals surface area contributed by atoms with Crippen LogP contribution in [0.4, 0.5) is 25.2 Å². The highest BCUT2D eigenvalue weighted by atomic mass is 19.1. The van der Waals surface area contributed by atoms with Crippen molar-refractivity contribution in [2.24, 2.45) is 0 Å². The fraction of sp³-hybridized carbons (Fsp3) is 0.500. The first-order valence-electron chi connectivity index (χ1n) is 13.8. The highest BCUT2D eigenvalue weighted by Gasteiger charge is 2.33. The third-order valence-electron chi connectivity index (χ3n) is 7.42. The first kappa shape index (κ1) is 27.6. The number of nitrogens with one attached hydrogen (secondary N) is 2. The lowest BCUT2D eigenvalue weighted by atomic mass is 9.96. The summed E-state index contributed by atoms with van der Waals surface area (Å²) in [5, 5.41) is 10.4. The van der Waals surface area contributed by atoms with Gasteiger partial charge in [0, 0.05) is 40.9 Å². The summed E-state index contributed by atoms with van der Waals surface area (Å²) in [6.07, 6.45) is 7.07. The molecule has 0 atom stereocenters. The molecule has 2 amide bonds. The fourth-order valence-electron chi connectivity index (χ4n) is 5.34. The van der Waals surface area contributed by atoms with Gasteiger partial charge in [0.15, 0.2) is 17.5 Å². The van der Waals surface area contributed by atoms with Crippen LogP contribution in [-0.2, 0) is 6.54 Å². The van der Waals surface area contributed by atoms with Crippen LogP contribution in [0.25, 0.3) is 11.5 Å². The number of hydrogen-bond donors (Lipinski definition) is 3. The molecule has 214 valence electrons. The maximum Gasteiger partial charge on any atom is 0.320 e. The summed E-state index contributed by atoms with van der Waals surface area (Å²) >= 11 is 0. The second-order valence-electron chi connectivity index (χ2n) is 10.3. The van der Waals surface area contributed by atoms with Crippen LogP contribution >= 0.6 is 0 Å². The van der Waals surface area contributed by atoms with Crippen molar-refractivity contribution in [2.45, 2.75) is 77.3 Å². The number of methoxy groups -OCH3 is 1. The van der Waals surface area contributed by atoms with E-state index in [-0.39, 0.29) is 53.0 Å². The summed E-state index contributed by atoms with van der Waals surface area (Å²) in [7, 11) is 1.42. The number of anilines is 2. The third kappa shape index (κ3) is 5.80. The quantitative estimate of drug-likeness (QED) is 0.327. The van der Waals surface area contributed by atoms with Crippen molar-refractivity contribution in [1.82, 2.24) is 25.1 Å². The summed E-state index contributed by atoms with van der Waals surface area (Å²) < 4.78 is 42.1. The van der Waals surface area contributed by atoms with Crippen molar-refractivity contribution in [2.75, 3.05) is 24.8 Å². The van der Waals surface area contributed by atoms with E-state index in [1.165, 1.54) is 25.7 Å². The number of aromatic nitrogens is 4. The van der Waals surface area contributed by atoms with Crippen molar-refractivity contribution >= 4 is 17.7 Å². The number of nitrogen functional groups attached to an aromatic ring is 1. The fourth-order valence-corrected chi connectivity index (χ4v) is 5.34. The maximum atomic E-state index is 14.9. The minimum atomic E-state index is -0.708. The molecule has 0 unspecified atom stereocenters. The maximum absolute atomic E-state index is 14.9. The molecule has 2 saturated carbocycles. The van der Waals surface area contributed by atoms with Crippen LogP contribution in [0.1, 0.15) is 74.6 Å². The number of carbonyl (C=O) groups is 1. The number of benzene rings is 1. The zero-order valence-corrected chi connectivity index (χ0v) is 23.0. The van der Waals surface area contributed by atoms with Crippen molar-refractivity contribution in [3.05, 3.63) is 40.6 Å². The molecule has 5 rings (SSSR count). The van der Waals surface area contributed by atoms with E-state index in [2.05, 4.69) is 20.6 Å². The van der Waals surface area contributed by atoms with Crippen LogP contribution < -0.4 is 25.8 Å². The molecule has 3 aromatic rings. The largest absolute Gasteiger partial charge is 0.494 e. The standard InChI is InChI=1S/C28H35F2N7O3/c1-4-40-18-12-20(29)19(21(30)13-18)14-37-23(16-10-11-16)15(2)22(36-37)26-33-25(31)24(39-3)27(34-26)35-28(38)32-17-8-6-5-7-9-17/h12-13,16-17H,4-11,14H2,1-3H3,(H4,31,32,33,34,35,38). The Morgan fingerprint density at radius 3 is 2.45 bits per heavy atom. The third-order valence-corrected chi connectivity index (χ3v) is 7.42. The van der Waals surface area contributed by atoms with Gasteiger partial charge in [-0.3, -0.25) is 10.00 Å². The van der Waals surface area contributed by atoms with Gasteiger partial charge in [-0.25, -0.2) is 23.5 Å². The van der Waals surface area contributed by atoms with Crippen LogP contribution in [0, 0.1) is 18.6 Å². The summed E-state index contributed by atoms with van der Waals surface area (Å²) in [6, 6.07) is 2.05. The summed E-state index contributed by atoms with van der Waals surface area (Å²) in [5.41, 5.74) is 8.16. The van der Waals surface area contributed by atoms with E-state index in [0.717, 1.165) is 49.8 Å². The minimum Gasteiger partial charge on any atom is -0.494 e. The van der Waals surface area contributed by atoms with Crippen LogP contribution in [0.15, 0.2) is 12.1 Å². The predicted molar refractivity (Wildman–Crippen MR) is 147 cm³/mol. The van der Waals surface area contributed by atoms with Crippen molar-refractivity contribution < 1.29 is 23.0 Å². The summed E-state index contributed by atoms with van der Waals surface area (Å²) in [4.78, 5) is 21.7. The zero-order chi connectivity index (χ0) is 28.4. The monoisotopic (exact) mass is 555 g/mol. The lowest BCUT2D eigenvalue weighted by molar-refractivity contribution is 0.244. The Bertz CT molecular complexity index is 1380. The Hall–Kier alpha value is -3.96. The molecule has 2 aliphatic carbocycles. The molecule has 0 bridgehead atoms. The Morgan fingerprint density at radius 2 is 1.82 bits per heavy atom. The lowest BCUT2D eigenvalue weighted by Gasteiger charge is -2.23. The van der Waals surface area contributed by atoms with E-state index in [1.807, 2.05) is 6.92 Å². The molecule has 0 spiro atoms. The van der Waals surface area contributed by atoms with Crippen molar-refractivity contribution in [3.63, 3.8) is 0 Å². The number of ether oxygens (including phenoxy) is 2. The van der Waals surface area contributed by atoms with Gasteiger partial charge in [0.2, 0.25) is 5.75 Å². The van der Waals surface area contributed by atoms with Crippen molar-refractivity contribution in [3.8, 4) is 23.0 Å². The Labute approximate surface area is 231 Å². The Balaban J connectivity index is 1.47. The van der Waals surface area contributed by atoms with E-state index < -0.39 is 17.7 Å². The van der Waals surface area contributed by atoms with E-state index in [0.29, 0.717) is 12.3 Å². The average molecular weight is 556 g/mol. The molecule has 40 heavy (non-hydrogen) atoms. The molecule has 10 nitrogen and oxygen atoms in total. The normalized spacial score (nSPS) is 15.6. The molecule has 1 aromatic carbocycles. The first-order valence-corrected chi connectivity index (χ1v) is 13.8. The number of urea groups is 1. The molecule has 0 saturated heterocycles. The van der Waals surface area contributed by atoms with Gasteiger partial charge in [-0.1, -0.05) is 19.3 Å². The number of rotatable bonds is 9. The molecule has 12 heteroatoms. The summed E-state index contributed by atoms with van der Waals surface area (Å²) in [5.74, 6) is -0.603. The number of carbonyl (C=O) groups excluding carboxylic acids is 1. The van der Waals surface area contributed by atoms with E-state index in [1.54, 1.807) is 11.6 Å². The molecule has 0 aliphatic heterocycles. The van der Waals surface area contributed by atoms with Gasteiger partial charge in [-0.2, -0.15) is 5.10 Å². The van der Waals surface area contributed by atoms with Crippen molar-refractivity contribution in [1.29, 1.82) is 0 Å². The van der Waals surface area contributed by atoms with Crippen LogP contribution in [0.5, 0.6) is 11.5 Å². The predicted octanol–water partition coefficient (Wildman–Crippen LogP) is 5.30. The van der Waals surface area contributed by atoms with Crippen LogP contribution in [0.2, 0.25) is 0 Å². The van der Waals surface area contributed by atoms with Crippen LogP contribution in [0.3, 0.4) is 0 Å². The smallest absolute Gasteiger partial charge is 0.320 e. The molecule has 4 N–H and O–H groups in total.